The summed E-state index contributed by atoms with van der Waals surface area (Å²) in [5, 5.41) is 3.32. The molecule has 2 saturated heterocycles. The normalized spacial score (nSPS) is 27.8. The Balaban J connectivity index is -0.000000445. The maximum absolute atomic E-state index is 10.6. The molecule has 0 spiro atoms. The second-order valence-corrected chi connectivity index (χ2v) is 27.8. The molecule has 6 heteroatoms. The van der Waals surface area contributed by atoms with Gasteiger partial charge in [0.25, 0.3) is 0 Å². The van der Waals surface area contributed by atoms with Crippen molar-refractivity contribution in [3.63, 3.8) is 0 Å². The zero-order valence-electron chi connectivity index (χ0n) is 22.1. The van der Waals surface area contributed by atoms with Crippen LogP contribution in [-0.2, 0) is 4.79 Å². The Hall–Kier alpha value is 1.78. The van der Waals surface area contributed by atoms with Gasteiger partial charge in [0.2, 0.25) is 0 Å². The van der Waals surface area contributed by atoms with Crippen molar-refractivity contribution >= 4 is 43.0 Å². The molecule has 0 radical (unpaired) electrons. The Labute approximate surface area is 258 Å². The summed E-state index contributed by atoms with van der Waals surface area (Å²) in [6.07, 6.45) is 15.3. The molecule has 0 atom stereocenters. The standard InChI is InChI=1S/C14H27N.C7H12O.C6H13N.3CH4.I3/c1-12-4-8-14(3,9-5-12)15-10-6-13(2)7-11-15;1-6-2-4-7(8)5-3-6;1-6-2-4-7-5-3-6;;;;1-3-2/h12-13H,4-11H2,1-3H3;6H,2-5H2,1H3;6-7H,2-5H2,1H3;3*1H4;/q;;;;;;-1. The summed E-state index contributed by atoms with van der Waals surface area (Å²) in [6.45, 7) is 17.0. The predicted octanol–water partition coefficient (Wildman–Crippen LogP) is 7.14. The number of nitrogens with one attached hydrogen (secondary N) is 1. The topological polar surface area (TPSA) is 32.3 Å². The van der Waals surface area contributed by atoms with Crippen LogP contribution in [-0.4, -0.2) is 42.4 Å². The number of nitrogens with zero attached hydrogens (tertiary/aromatic N) is 1. The van der Waals surface area contributed by atoms with Crippen molar-refractivity contribution < 1.29 is 18.0 Å². The van der Waals surface area contributed by atoms with Gasteiger partial charge in [-0.2, -0.15) is 0 Å². The first kappa shape index (κ1) is 42.2. The van der Waals surface area contributed by atoms with E-state index in [1.165, 1.54) is 77.5 Å². The number of carbonyl (C=O) groups is 1. The molecule has 0 aromatic carbocycles. The van der Waals surface area contributed by atoms with Crippen LogP contribution in [0.1, 0.15) is 134 Å². The van der Waals surface area contributed by atoms with Crippen molar-refractivity contribution in [1.82, 2.24) is 10.2 Å². The average Bonchev–Trinajstić information content (AvgIpc) is 2.80. The molecule has 2 heterocycles. The predicted molar refractivity (Wildman–Crippen MR) is 178 cm³/mol. The van der Waals surface area contributed by atoms with E-state index >= 15 is 0 Å². The van der Waals surface area contributed by atoms with E-state index in [0.717, 1.165) is 49.4 Å². The van der Waals surface area contributed by atoms with Gasteiger partial charge in [0.15, 0.2) is 0 Å². The third kappa shape index (κ3) is 19.0. The van der Waals surface area contributed by atoms with Gasteiger partial charge in [0.05, 0.1) is 0 Å². The van der Waals surface area contributed by atoms with E-state index in [2.05, 4.69) is 82.1 Å². The molecule has 2 aliphatic carbocycles. The molecule has 0 unspecified atom stereocenters. The number of Topliss-reactive ketones (excluding diaryl/α,β-unsaturated/α-hetero) is 1. The molecule has 0 aromatic heterocycles. The molecule has 222 valence electrons. The fraction of sp³-hybridized carbons (Fsp3) is 0.967. The third-order valence-electron chi connectivity index (χ3n) is 8.36. The van der Waals surface area contributed by atoms with Crippen LogP contribution in [0.2, 0.25) is 0 Å². The van der Waals surface area contributed by atoms with Crippen LogP contribution in [0.4, 0.5) is 0 Å². The minimum atomic E-state index is 0. The first-order valence-electron chi connectivity index (χ1n) is 13.5. The van der Waals surface area contributed by atoms with Crippen LogP contribution in [0.15, 0.2) is 0 Å². The van der Waals surface area contributed by atoms with Crippen molar-refractivity contribution in [2.75, 3.05) is 26.2 Å². The van der Waals surface area contributed by atoms with Crippen molar-refractivity contribution in [2.45, 2.75) is 139 Å². The summed E-state index contributed by atoms with van der Waals surface area (Å²) < 4.78 is 0. The van der Waals surface area contributed by atoms with Gasteiger partial charge in [-0.05, 0) is 121 Å². The number of likely N-dealkylation sites (tertiary alicyclic amines) is 1. The first-order chi connectivity index (χ1) is 15.7. The Morgan fingerprint density at radius 1 is 0.722 bits per heavy atom. The summed E-state index contributed by atoms with van der Waals surface area (Å²) >= 11 is 5.30. The van der Waals surface area contributed by atoms with Crippen LogP contribution >= 0.6 is 37.2 Å². The Kier molecular flexibility index (Phi) is 28.8. The van der Waals surface area contributed by atoms with Crippen LogP contribution < -0.4 is 18.6 Å². The monoisotopic (exact) mass is 849 g/mol. The van der Waals surface area contributed by atoms with E-state index in [1.807, 2.05) is 0 Å². The molecule has 36 heavy (non-hydrogen) atoms. The maximum atomic E-state index is 10.6. The number of carbonyl (C=O) groups excluding carboxylic acids is 1. The van der Waals surface area contributed by atoms with Crippen molar-refractivity contribution in [3.8, 4) is 0 Å². The molecule has 0 amide bonds. The Bertz CT molecular complexity index is 488. The zero-order chi connectivity index (χ0) is 24.7. The van der Waals surface area contributed by atoms with Gasteiger partial charge in [-0.3, -0.25) is 9.69 Å². The van der Waals surface area contributed by atoms with E-state index in [0.29, 0.717) is 24.6 Å². The molecule has 4 aliphatic rings. The van der Waals surface area contributed by atoms with Crippen molar-refractivity contribution in [3.05, 3.63) is 0 Å². The number of rotatable bonds is 1. The van der Waals surface area contributed by atoms with Gasteiger partial charge in [0.1, 0.15) is 5.78 Å². The molecular formula is C30H64I3N2O-. The summed E-state index contributed by atoms with van der Waals surface area (Å²) in [4.78, 5) is 13.4. The summed E-state index contributed by atoms with van der Waals surface area (Å²) in [5.74, 6) is 4.17. The third-order valence-corrected chi connectivity index (χ3v) is 8.36. The molecule has 2 aliphatic heterocycles. The SMILES string of the molecule is C.C.C.CC1CCC(=O)CC1.CC1CCN(C2(C)CCC(C)CC2)CC1.CC1CCNCC1.I[I-]I. The molecule has 0 bridgehead atoms. The zero-order valence-corrected chi connectivity index (χ0v) is 28.6. The molecule has 2 saturated carbocycles. The molecular weight excluding hydrogens is 785 g/mol. The molecule has 3 nitrogen and oxygen atoms in total. The average molecular weight is 850 g/mol. The van der Waals surface area contributed by atoms with Gasteiger partial charge < -0.3 is 5.32 Å². The van der Waals surface area contributed by atoms with E-state index in [4.69, 9.17) is 0 Å². The van der Waals surface area contributed by atoms with Crippen LogP contribution in [0.5, 0.6) is 0 Å². The minimum absolute atomic E-state index is 0. The number of ketones is 1. The molecule has 0 aromatic rings. The quantitative estimate of drug-likeness (QED) is 0.285. The second kappa shape index (κ2) is 24.6. The molecule has 1 N–H and O–H groups in total. The summed E-state index contributed by atoms with van der Waals surface area (Å²) in [5.41, 5.74) is 0.548. The van der Waals surface area contributed by atoms with Gasteiger partial charge in [-0.1, -0.05) is 50.0 Å². The van der Waals surface area contributed by atoms with Gasteiger partial charge in [0, 0.05) is 18.4 Å². The number of hydrogen-bond donors (Lipinski definition) is 1. The fourth-order valence-electron chi connectivity index (χ4n) is 5.30. The second-order valence-electron chi connectivity index (χ2n) is 11.6. The van der Waals surface area contributed by atoms with Crippen LogP contribution in [0.25, 0.3) is 0 Å². The van der Waals surface area contributed by atoms with Gasteiger partial charge in [-0.15, -0.1) is 0 Å². The fourth-order valence-corrected chi connectivity index (χ4v) is 5.30. The molecule has 4 rings (SSSR count). The summed E-state index contributed by atoms with van der Waals surface area (Å²) in [6, 6.07) is 0. The van der Waals surface area contributed by atoms with Gasteiger partial charge in [-0.25, -0.2) is 0 Å². The van der Waals surface area contributed by atoms with E-state index in [9.17, 15) is 4.79 Å². The number of piperidine rings is 2. The van der Waals surface area contributed by atoms with Crippen LogP contribution in [0, 0.1) is 23.7 Å². The molecule has 4 fully saturated rings. The van der Waals surface area contributed by atoms with Crippen molar-refractivity contribution in [1.29, 1.82) is 0 Å². The number of halogens is 3. The number of hydrogen-bond acceptors (Lipinski definition) is 3. The Morgan fingerprint density at radius 3 is 1.44 bits per heavy atom. The van der Waals surface area contributed by atoms with E-state index < -0.39 is 0 Å². The van der Waals surface area contributed by atoms with Crippen LogP contribution in [0.3, 0.4) is 0 Å². The van der Waals surface area contributed by atoms with Crippen molar-refractivity contribution in [2.24, 2.45) is 23.7 Å². The van der Waals surface area contributed by atoms with Gasteiger partial charge >= 0.3 is 50.5 Å². The first-order valence-corrected chi connectivity index (χ1v) is 26.1. The Morgan fingerprint density at radius 2 is 1.08 bits per heavy atom. The van der Waals surface area contributed by atoms with E-state index in [1.54, 1.807) is 0 Å². The van der Waals surface area contributed by atoms with E-state index in [-0.39, 0.29) is 22.3 Å². The summed E-state index contributed by atoms with van der Waals surface area (Å²) in [7, 11) is 0.